The fourth-order valence-electron chi connectivity index (χ4n) is 1.64. The molecule has 1 atom stereocenters. The third-order valence-corrected chi connectivity index (χ3v) is 3.42. The van der Waals surface area contributed by atoms with Crippen molar-refractivity contribution in [1.29, 1.82) is 0 Å². The number of rotatable bonds is 7. The number of methoxy groups -OCH3 is 1. The minimum atomic E-state index is -3.92. The van der Waals surface area contributed by atoms with E-state index in [1.165, 1.54) is 19.2 Å². The van der Waals surface area contributed by atoms with Crippen molar-refractivity contribution in [2.45, 2.75) is 24.8 Å². The van der Waals surface area contributed by atoms with Crippen LogP contribution in [-0.2, 0) is 19.5 Å². The quantitative estimate of drug-likeness (QED) is 0.750. The Morgan fingerprint density at radius 1 is 1.38 bits per heavy atom. The third kappa shape index (κ3) is 5.00. The highest BCUT2D eigenvalue weighted by atomic mass is 32.2. The second kappa shape index (κ2) is 7.39. The smallest absolute Gasteiger partial charge is 0.342 e. The summed E-state index contributed by atoms with van der Waals surface area (Å²) in [6.45, 7) is 3.95. The van der Waals surface area contributed by atoms with Crippen LogP contribution in [0, 0.1) is 0 Å². The summed E-state index contributed by atoms with van der Waals surface area (Å²) in [5.74, 6) is -0.465. The van der Waals surface area contributed by atoms with E-state index >= 15 is 0 Å². The zero-order chi connectivity index (χ0) is 16.0. The molecule has 1 unspecified atom stereocenters. The maximum atomic E-state index is 12.1. The van der Waals surface area contributed by atoms with Crippen molar-refractivity contribution in [2.75, 3.05) is 20.3 Å². The van der Waals surface area contributed by atoms with Gasteiger partial charge in [-0.1, -0.05) is 0 Å². The number of carbonyl (C=O) groups excluding carboxylic acids is 1. The Labute approximate surface area is 124 Å². The van der Waals surface area contributed by atoms with Crippen LogP contribution in [0.1, 0.15) is 24.2 Å². The second-order valence-corrected chi connectivity index (χ2v) is 5.87. The van der Waals surface area contributed by atoms with Crippen molar-refractivity contribution < 1.29 is 27.4 Å². The first-order valence-corrected chi connectivity index (χ1v) is 7.83. The summed E-state index contributed by atoms with van der Waals surface area (Å²) < 4.78 is 38.1. The topological polar surface area (TPSA) is 105 Å². The van der Waals surface area contributed by atoms with Gasteiger partial charge in [0.15, 0.2) is 0 Å². The van der Waals surface area contributed by atoms with Crippen LogP contribution in [0.25, 0.3) is 0 Å². The Hall–Kier alpha value is -1.64. The Kier molecular flexibility index (Phi) is 6.13. The van der Waals surface area contributed by atoms with E-state index in [0.717, 1.165) is 6.07 Å². The van der Waals surface area contributed by atoms with E-state index in [1.54, 1.807) is 13.8 Å². The van der Waals surface area contributed by atoms with Crippen LogP contribution in [0.5, 0.6) is 5.75 Å². The molecular weight excluding hydrogens is 298 g/mol. The third-order valence-electron chi connectivity index (χ3n) is 2.51. The van der Waals surface area contributed by atoms with Gasteiger partial charge in [-0.25, -0.2) is 18.4 Å². The average Bonchev–Trinajstić information content (AvgIpc) is 2.38. The van der Waals surface area contributed by atoms with Gasteiger partial charge >= 0.3 is 5.97 Å². The summed E-state index contributed by atoms with van der Waals surface area (Å²) in [6.07, 6.45) is -0.477. The molecule has 21 heavy (non-hydrogen) atoms. The lowest BCUT2D eigenvalue weighted by atomic mass is 10.2. The average molecular weight is 317 g/mol. The predicted octanol–water partition coefficient (Wildman–Crippen LogP) is 0.924. The molecule has 2 N–H and O–H groups in total. The second-order valence-electron chi connectivity index (χ2n) is 4.31. The number of primary sulfonamides is 1. The normalized spacial score (nSPS) is 12.8. The largest absolute Gasteiger partial charge is 0.493 e. The van der Waals surface area contributed by atoms with Crippen molar-refractivity contribution in [3.63, 3.8) is 0 Å². The van der Waals surface area contributed by atoms with Crippen molar-refractivity contribution in [2.24, 2.45) is 5.14 Å². The number of sulfonamides is 1. The van der Waals surface area contributed by atoms with E-state index in [2.05, 4.69) is 0 Å². The summed E-state index contributed by atoms with van der Waals surface area (Å²) in [5.41, 5.74) is 0.00586. The molecule has 0 amide bonds. The highest BCUT2D eigenvalue weighted by Crippen LogP contribution is 2.23. The molecule has 118 valence electrons. The molecule has 1 rings (SSSR count). The molecule has 0 bridgehead atoms. The lowest BCUT2D eigenvalue weighted by Crippen LogP contribution is -2.21. The summed E-state index contributed by atoms with van der Waals surface area (Å²) in [7, 11) is -2.43. The Balaban J connectivity index is 3.14. The van der Waals surface area contributed by atoms with Crippen LogP contribution < -0.4 is 9.88 Å². The van der Waals surface area contributed by atoms with Crippen LogP contribution in [-0.4, -0.2) is 40.8 Å². The predicted molar refractivity (Wildman–Crippen MR) is 75.7 cm³/mol. The first kappa shape index (κ1) is 17.4. The highest BCUT2D eigenvalue weighted by Gasteiger charge is 2.20. The first-order valence-electron chi connectivity index (χ1n) is 6.29. The van der Waals surface area contributed by atoms with E-state index in [9.17, 15) is 13.2 Å². The first-order chi connectivity index (χ1) is 9.79. The van der Waals surface area contributed by atoms with Gasteiger partial charge in [-0.15, -0.1) is 0 Å². The molecule has 1 aromatic carbocycles. The summed E-state index contributed by atoms with van der Waals surface area (Å²) >= 11 is 0. The number of ether oxygens (including phenoxy) is 3. The molecule has 0 aliphatic heterocycles. The van der Waals surface area contributed by atoms with Gasteiger partial charge in [0.25, 0.3) is 0 Å². The molecule has 0 aromatic heterocycles. The van der Waals surface area contributed by atoms with Gasteiger partial charge in [0.1, 0.15) is 17.4 Å². The maximum absolute atomic E-state index is 12.1. The summed E-state index contributed by atoms with van der Waals surface area (Å²) in [6, 6.07) is 3.79. The molecule has 0 fully saturated rings. The fourth-order valence-corrected chi connectivity index (χ4v) is 2.18. The number of benzene rings is 1. The van der Waals surface area contributed by atoms with E-state index in [0.29, 0.717) is 6.61 Å². The van der Waals surface area contributed by atoms with Gasteiger partial charge in [-0.3, -0.25) is 0 Å². The van der Waals surface area contributed by atoms with E-state index < -0.39 is 22.1 Å². The van der Waals surface area contributed by atoms with Crippen LogP contribution in [0.4, 0.5) is 0 Å². The minimum absolute atomic E-state index is 0.00586. The van der Waals surface area contributed by atoms with Crippen LogP contribution in [0.3, 0.4) is 0 Å². The van der Waals surface area contributed by atoms with Gasteiger partial charge < -0.3 is 14.2 Å². The summed E-state index contributed by atoms with van der Waals surface area (Å²) in [4.78, 5) is 11.9. The van der Waals surface area contributed by atoms with Crippen LogP contribution >= 0.6 is 0 Å². The van der Waals surface area contributed by atoms with Gasteiger partial charge in [0, 0.05) is 7.11 Å². The zero-order valence-electron chi connectivity index (χ0n) is 12.2. The molecule has 0 spiro atoms. The monoisotopic (exact) mass is 317 g/mol. The minimum Gasteiger partial charge on any atom is -0.493 e. The lowest BCUT2D eigenvalue weighted by Gasteiger charge is -2.15. The molecule has 1 aromatic rings. The maximum Gasteiger partial charge on any atom is 0.342 e. The standard InChI is InChI=1S/C13H19NO6S/c1-4-19-12-6-5-10(21(14,16)17)7-11(12)13(15)20-9(2)8-18-3/h5-7,9H,4,8H2,1-3H3,(H2,14,16,17). The molecular formula is C13H19NO6S. The van der Waals surface area contributed by atoms with Crippen LogP contribution in [0.15, 0.2) is 23.1 Å². The molecule has 7 nitrogen and oxygen atoms in total. The number of esters is 1. The van der Waals surface area contributed by atoms with Gasteiger partial charge in [-0.05, 0) is 32.0 Å². The summed E-state index contributed by atoms with van der Waals surface area (Å²) in [5, 5.41) is 5.06. The zero-order valence-corrected chi connectivity index (χ0v) is 13.0. The van der Waals surface area contributed by atoms with E-state index in [-0.39, 0.29) is 22.8 Å². The molecule has 0 saturated heterocycles. The molecule has 0 aliphatic rings. The molecule has 8 heteroatoms. The SMILES string of the molecule is CCOc1ccc(S(N)(=O)=O)cc1C(=O)OC(C)COC. The van der Waals surface area contributed by atoms with Crippen molar-refractivity contribution >= 4 is 16.0 Å². The van der Waals surface area contributed by atoms with Gasteiger partial charge in [0.2, 0.25) is 10.0 Å². The van der Waals surface area contributed by atoms with Crippen molar-refractivity contribution in [3.8, 4) is 5.75 Å². The van der Waals surface area contributed by atoms with Gasteiger partial charge in [0.05, 0.1) is 18.1 Å². The fraction of sp³-hybridized carbons (Fsp3) is 0.462. The highest BCUT2D eigenvalue weighted by molar-refractivity contribution is 7.89. The molecule has 0 aliphatic carbocycles. The number of nitrogens with two attached hydrogens (primary N) is 1. The van der Waals surface area contributed by atoms with Crippen molar-refractivity contribution in [3.05, 3.63) is 23.8 Å². The Morgan fingerprint density at radius 2 is 2.05 bits per heavy atom. The Morgan fingerprint density at radius 3 is 2.57 bits per heavy atom. The number of carbonyl (C=O) groups is 1. The Bertz CT molecular complexity index is 599. The van der Waals surface area contributed by atoms with Gasteiger partial charge in [-0.2, -0.15) is 0 Å². The molecule has 0 radical (unpaired) electrons. The molecule has 0 saturated carbocycles. The van der Waals surface area contributed by atoms with E-state index in [4.69, 9.17) is 19.3 Å². The lowest BCUT2D eigenvalue weighted by molar-refractivity contribution is 0.0117. The molecule has 0 heterocycles. The number of hydrogen-bond donors (Lipinski definition) is 1. The van der Waals surface area contributed by atoms with Crippen molar-refractivity contribution in [1.82, 2.24) is 0 Å². The van der Waals surface area contributed by atoms with E-state index in [1.807, 2.05) is 0 Å². The van der Waals surface area contributed by atoms with Crippen LogP contribution in [0.2, 0.25) is 0 Å². The number of hydrogen-bond acceptors (Lipinski definition) is 6.